The van der Waals surface area contributed by atoms with Crippen LogP contribution in [0.15, 0.2) is 53.4 Å². The van der Waals surface area contributed by atoms with E-state index in [-0.39, 0.29) is 35.2 Å². The van der Waals surface area contributed by atoms with Gasteiger partial charge in [-0.3, -0.25) is 4.79 Å². The van der Waals surface area contributed by atoms with Gasteiger partial charge in [-0.25, -0.2) is 14.4 Å². The Hall–Kier alpha value is -3.43. The summed E-state index contributed by atoms with van der Waals surface area (Å²) < 4.78 is 63.7. The number of ether oxygens (including phenoxy) is 1. The largest absolute Gasteiger partial charge is 0.472 e. The number of carbonyl (C=O) groups is 1. The maximum atomic E-state index is 14.1. The van der Waals surface area contributed by atoms with Gasteiger partial charge in [0, 0.05) is 18.8 Å². The predicted octanol–water partition coefficient (Wildman–Crippen LogP) is 4.97. The molecular formula is C23H19F4N3O3. The van der Waals surface area contributed by atoms with Gasteiger partial charge >= 0.3 is 6.18 Å². The first-order valence-electron chi connectivity index (χ1n) is 10.5. The lowest BCUT2D eigenvalue weighted by Crippen LogP contribution is -2.59. The number of nitrogens with zero attached hydrogens (tertiary/aromatic N) is 3. The van der Waals surface area contributed by atoms with Crippen molar-refractivity contribution in [3.8, 4) is 17.3 Å². The van der Waals surface area contributed by atoms with E-state index >= 15 is 0 Å². The Morgan fingerprint density at radius 1 is 1.15 bits per heavy atom. The number of pyridine rings is 1. The third kappa shape index (κ3) is 4.17. The van der Waals surface area contributed by atoms with E-state index in [1.54, 1.807) is 4.90 Å². The summed E-state index contributed by atoms with van der Waals surface area (Å²) in [4.78, 5) is 23.0. The number of piperidine rings is 2. The fourth-order valence-corrected chi connectivity index (χ4v) is 4.66. The van der Waals surface area contributed by atoms with Gasteiger partial charge in [-0.2, -0.15) is 13.2 Å². The number of carbonyl (C=O) groups excluding carboxylic acids is 1. The van der Waals surface area contributed by atoms with Crippen molar-refractivity contribution in [2.75, 3.05) is 6.54 Å². The van der Waals surface area contributed by atoms with Crippen molar-refractivity contribution in [2.45, 2.75) is 37.6 Å². The SMILES string of the molecule is O=C(c1cc(F)ccc1-c1ncco1)N1C[C@@H]2CC[C@H]1[C@H](Oc1ccc(C(F)(F)F)cn1)C2. The number of hydrogen-bond acceptors (Lipinski definition) is 5. The summed E-state index contributed by atoms with van der Waals surface area (Å²) in [6.07, 6.45) is 0.874. The molecule has 33 heavy (non-hydrogen) atoms. The van der Waals surface area contributed by atoms with Crippen molar-refractivity contribution in [2.24, 2.45) is 5.92 Å². The number of amides is 1. The normalized spacial score (nSPS) is 22.4. The molecule has 6 rings (SSSR count). The Kier molecular flexibility index (Phi) is 5.30. The lowest BCUT2D eigenvalue weighted by Gasteiger charge is -2.49. The third-order valence-corrected chi connectivity index (χ3v) is 6.19. The van der Waals surface area contributed by atoms with Gasteiger partial charge in [-0.15, -0.1) is 0 Å². The van der Waals surface area contributed by atoms with E-state index < -0.39 is 23.7 Å². The van der Waals surface area contributed by atoms with Crippen molar-refractivity contribution in [3.63, 3.8) is 0 Å². The molecule has 3 aromatic rings. The van der Waals surface area contributed by atoms with E-state index in [0.717, 1.165) is 24.8 Å². The molecule has 0 unspecified atom stereocenters. The highest BCUT2D eigenvalue weighted by molar-refractivity contribution is 6.00. The van der Waals surface area contributed by atoms with Crippen LogP contribution in [0.5, 0.6) is 5.88 Å². The average Bonchev–Trinajstić information content (AvgIpc) is 3.33. The van der Waals surface area contributed by atoms with Crippen molar-refractivity contribution in [1.29, 1.82) is 0 Å². The number of alkyl halides is 3. The fraction of sp³-hybridized carbons (Fsp3) is 0.348. The van der Waals surface area contributed by atoms with E-state index in [1.807, 2.05) is 0 Å². The van der Waals surface area contributed by atoms with E-state index in [0.29, 0.717) is 24.9 Å². The molecule has 6 nitrogen and oxygen atoms in total. The summed E-state index contributed by atoms with van der Waals surface area (Å²) in [6.45, 7) is 0.491. The quantitative estimate of drug-likeness (QED) is 0.514. The third-order valence-electron chi connectivity index (χ3n) is 6.19. The lowest BCUT2D eigenvalue weighted by atomic mass is 9.77. The Morgan fingerprint density at radius 2 is 2.00 bits per heavy atom. The molecule has 172 valence electrons. The van der Waals surface area contributed by atoms with Gasteiger partial charge in [0.05, 0.1) is 28.9 Å². The Morgan fingerprint density at radius 3 is 2.67 bits per heavy atom. The second-order valence-corrected chi connectivity index (χ2v) is 8.27. The van der Waals surface area contributed by atoms with Crippen molar-refractivity contribution in [3.05, 3.63) is 65.9 Å². The summed E-state index contributed by atoms with van der Waals surface area (Å²) in [5.74, 6) is -0.484. The smallest absolute Gasteiger partial charge is 0.417 e. The molecule has 0 spiro atoms. The second kappa shape index (κ2) is 8.17. The van der Waals surface area contributed by atoms with Crippen LogP contribution in [0.2, 0.25) is 0 Å². The number of benzene rings is 1. The Bertz CT molecular complexity index is 1150. The van der Waals surface area contributed by atoms with Gasteiger partial charge in [0.15, 0.2) is 0 Å². The maximum Gasteiger partial charge on any atom is 0.417 e. The molecule has 2 aliphatic heterocycles. The highest BCUT2D eigenvalue weighted by Gasteiger charge is 2.45. The maximum absolute atomic E-state index is 14.1. The van der Waals surface area contributed by atoms with Gasteiger partial charge in [-0.1, -0.05) is 0 Å². The number of halogens is 4. The second-order valence-electron chi connectivity index (χ2n) is 8.27. The number of hydrogen-bond donors (Lipinski definition) is 0. The molecule has 3 aliphatic rings. The van der Waals surface area contributed by atoms with E-state index in [2.05, 4.69) is 9.97 Å². The van der Waals surface area contributed by atoms with Gasteiger partial charge < -0.3 is 14.1 Å². The zero-order valence-electron chi connectivity index (χ0n) is 17.3. The molecule has 10 heteroatoms. The van der Waals surface area contributed by atoms with Crippen LogP contribution in [0.3, 0.4) is 0 Å². The number of oxazole rings is 1. The minimum Gasteiger partial charge on any atom is -0.472 e. The van der Waals surface area contributed by atoms with Gasteiger partial charge in [0.25, 0.3) is 5.91 Å². The van der Waals surface area contributed by atoms with Gasteiger partial charge in [-0.05, 0) is 49.4 Å². The molecule has 2 saturated heterocycles. The monoisotopic (exact) mass is 461 g/mol. The average molecular weight is 461 g/mol. The minimum absolute atomic E-state index is 0.0687. The first-order valence-corrected chi connectivity index (χ1v) is 10.5. The fourth-order valence-electron chi connectivity index (χ4n) is 4.66. The molecule has 1 amide bonds. The van der Waals surface area contributed by atoms with Crippen LogP contribution in [0.1, 0.15) is 35.2 Å². The van der Waals surface area contributed by atoms with Crippen LogP contribution < -0.4 is 4.74 Å². The molecule has 4 heterocycles. The molecule has 1 aromatic carbocycles. The summed E-state index contributed by atoms with van der Waals surface area (Å²) in [5, 5.41) is 0. The van der Waals surface area contributed by atoms with Crippen molar-refractivity contribution in [1.82, 2.24) is 14.9 Å². The molecule has 1 saturated carbocycles. The first kappa shape index (κ1) is 21.4. The van der Waals surface area contributed by atoms with Crippen molar-refractivity contribution >= 4 is 5.91 Å². The van der Waals surface area contributed by atoms with Crippen LogP contribution in [0.4, 0.5) is 17.6 Å². The van der Waals surface area contributed by atoms with E-state index in [4.69, 9.17) is 9.15 Å². The molecule has 3 fully saturated rings. The molecule has 2 aromatic heterocycles. The van der Waals surface area contributed by atoms with Gasteiger partial charge in [0.2, 0.25) is 11.8 Å². The van der Waals surface area contributed by atoms with Crippen LogP contribution in [-0.4, -0.2) is 39.5 Å². The molecule has 1 aliphatic carbocycles. The summed E-state index contributed by atoms with van der Waals surface area (Å²) in [7, 11) is 0. The standard InChI is InChI=1S/C23H19F4N3O3/c24-15-3-4-16(21-28-7-8-32-21)17(10-15)22(31)30-12-13-1-5-18(30)19(9-13)33-20-6-2-14(11-29-20)23(25,26)27/h2-4,6-8,10-11,13,18-19H,1,5,9,12H2/t13-,18+,19-/m1/s1. The highest BCUT2D eigenvalue weighted by Crippen LogP contribution is 2.39. The van der Waals surface area contributed by atoms with Crippen LogP contribution in [0.25, 0.3) is 11.5 Å². The minimum atomic E-state index is -4.48. The van der Waals surface area contributed by atoms with Gasteiger partial charge in [0.1, 0.15) is 18.2 Å². The summed E-state index contributed by atoms with van der Waals surface area (Å²) >= 11 is 0. The zero-order chi connectivity index (χ0) is 23.2. The Labute approximate surface area is 186 Å². The zero-order valence-corrected chi connectivity index (χ0v) is 17.3. The van der Waals surface area contributed by atoms with E-state index in [9.17, 15) is 22.4 Å². The van der Waals surface area contributed by atoms with E-state index in [1.165, 1.54) is 30.7 Å². The van der Waals surface area contributed by atoms with Crippen LogP contribution >= 0.6 is 0 Å². The molecule has 0 radical (unpaired) electrons. The number of rotatable bonds is 4. The van der Waals surface area contributed by atoms with Crippen LogP contribution in [-0.2, 0) is 6.18 Å². The molecule has 2 bridgehead atoms. The number of aromatic nitrogens is 2. The topological polar surface area (TPSA) is 68.5 Å². The lowest BCUT2D eigenvalue weighted by molar-refractivity contribution is -0.137. The predicted molar refractivity (Wildman–Crippen MR) is 108 cm³/mol. The molecule has 0 N–H and O–H groups in total. The van der Waals surface area contributed by atoms with Crippen molar-refractivity contribution < 1.29 is 31.5 Å². The summed E-state index contributed by atoms with van der Waals surface area (Å²) in [6, 6.07) is 5.65. The highest BCUT2D eigenvalue weighted by atomic mass is 19.4. The molecular weight excluding hydrogens is 442 g/mol. The number of fused-ring (bicyclic) bond motifs is 3. The Balaban J connectivity index is 1.39. The summed E-state index contributed by atoms with van der Waals surface area (Å²) in [5.41, 5.74) is -0.340. The first-order chi connectivity index (χ1) is 15.8. The van der Waals surface area contributed by atoms with Crippen LogP contribution in [0, 0.1) is 11.7 Å². The molecule has 3 atom stereocenters.